The van der Waals surface area contributed by atoms with Crippen molar-refractivity contribution in [1.29, 1.82) is 0 Å². The Balaban J connectivity index is 1.38. The summed E-state index contributed by atoms with van der Waals surface area (Å²) < 4.78 is 10.9. The summed E-state index contributed by atoms with van der Waals surface area (Å²) in [5, 5.41) is 11.1. The smallest absolute Gasteiger partial charge is 0.118 e. The number of benzene rings is 1. The van der Waals surface area contributed by atoms with E-state index in [-0.39, 0.29) is 0 Å². The van der Waals surface area contributed by atoms with Gasteiger partial charge in [0.15, 0.2) is 0 Å². The second-order valence-electron chi connectivity index (χ2n) is 7.56. The second kappa shape index (κ2) is 8.87. The van der Waals surface area contributed by atoms with Gasteiger partial charge in [0.25, 0.3) is 0 Å². The third-order valence-corrected chi connectivity index (χ3v) is 5.88. The van der Waals surface area contributed by atoms with Crippen molar-refractivity contribution in [2.75, 3.05) is 40.0 Å². The van der Waals surface area contributed by atoms with Gasteiger partial charge in [-0.3, -0.25) is 10.00 Å². The predicted molar refractivity (Wildman–Crippen MR) is 106 cm³/mol. The maximum Gasteiger partial charge on any atom is 0.118 e. The second-order valence-corrected chi connectivity index (χ2v) is 7.56. The average Bonchev–Trinajstić information content (AvgIpc) is 3.48. The Kier molecular flexibility index (Phi) is 6.07. The number of aromatic amines is 1. The van der Waals surface area contributed by atoms with E-state index in [4.69, 9.17) is 9.47 Å². The predicted octanol–water partition coefficient (Wildman–Crippen LogP) is 2.68. The van der Waals surface area contributed by atoms with E-state index in [9.17, 15) is 0 Å². The van der Waals surface area contributed by atoms with E-state index in [0.29, 0.717) is 12.0 Å². The van der Waals surface area contributed by atoms with Gasteiger partial charge in [0.1, 0.15) is 5.75 Å². The summed E-state index contributed by atoms with van der Waals surface area (Å²) in [7, 11) is 1.69. The van der Waals surface area contributed by atoms with Gasteiger partial charge in [0, 0.05) is 42.8 Å². The largest absolute Gasteiger partial charge is 0.497 e. The van der Waals surface area contributed by atoms with Crippen molar-refractivity contribution in [3.63, 3.8) is 0 Å². The van der Waals surface area contributed by atoms with Crippen LogP contribution in [0.15, 0.2) is 30.5 Å². The molecule has 0 aliphatic carbocycles. The van der Waals surface area contributed by atoms with Crippen molar-refractivity contribution < 1.29 is 9.47 Å². The molecule has 0 radical (unpaired) electrons. The summed E-state index contributed by atoms with van der Waals surface area (Å²) >= 11 is 0. The Morgan fingerprint density at radius 3 is 2.81 bits per heavy atom. The highest BCUT2D eigenvalue weighted by Crippen LogP contribution is 2.25. The quantitative estimate of drug-likeness (QED) is 0.748. The van der Waals surface area contributed by atoms with Crippen LogP contribution in [-0.2, 0) is 11.3 Å². The standard InChI is InChI=1S/C21H30N4O2/c1-26-19-6-4-16(5-7-19)21-18(13-23-24-21)12-22-14-20(17-8-11-27-15-17)25-9-2-3-10-25/h4-7,13,17,20,22H,2-3,8-12,14-15H2,1H3,(H,23,24)/t17-,20-/m0/s1. The topological polar surface area (TPSA) is 62.4 Å². The number of hydrogen-bond donors (Lipinski definition) is 2. The number of H-pyrrole nitrogens is 1. The Labute approximate surface area is 161 Å². The van der Waals surface area contributed by atoms with Crippen molar-refractivity contribution in [3.8, 4) is 17.0 Å². The molecule has 146 valence electrons. The molecule has 0 bridgehead atoms. The van der Waals surface area contributed by atoms with Gasteiger partial charge < -0.3 is 14.8 Å². The van der Waals surface area contributed by atoms with Gasteiger partial charge >= 0.3 is 0 Å². The summed E-state index contributed by atoms with van der Waals surface area (Å²) in [6, 6.07) is 8.68. The van der Waals surface area contributed by atoms with Gasteiger partial charge in [-0.1, -0.05) is 0 Å². The first kappa shape index (κ1) is 18.5. The number of rotatable bonds is 8. The first-order valence-electron chi connectivity index (χ1n) is 10.0. The SMILES string of the molecule is COc1ccc(-c2[nH]ncc2CNC[C@@H]([C@H]2CCOC2)N2CCCC2)cc1. The van der Waals surface area contributed by atoms with E-state index < -0.39 is 0 Å². The molecule has 27 heavy (non-hydrogen) atoms. The van der Waals surface area contributed by atoms with Crippen LogP contribution in [0.25, 0.3) is 11.3 Å². The van der Waals surface area contributed by atoms with E-state index in [2.05, 4.69) is 32.5 Å². The highest BCUT2D eigenvalue weighted by atomic mass is 16.5. The van der Waals surface area contributed by atoms with Crippen LogP contribution in [0.2, 0.25) is 0 Å². The summed E-state index contributed by atoms with van der Waals surface area (Å²) in [5.41, 5.74) is 3.40. The molecule has 2 aliphatic rings. The Morgan fingerprint density at radius 2 is 2.11 bits per heavy atom. The normalized spacial score (nSPS) is 21.6. The van der Waals surface area contributed by atoms with Crippen LogP contribution in [0.1, 0.15) is 24.8 Å². The summed E-state index contributed by atoms with van der Waals surface area (Å²) in [4.78, 5) is 2.66. The fourth-order valence-corrected chi connectivity index (χ4v) is 4.33. The number of ether oxygens (including phenoxy) is 2. The van der Waals surface area contributed by atoms with Crippen LogP contribution in [0, 0.1) is 5.92 Å². The number of nitrogens with zero attached hydrogens (tertiary/aromatic N) is 2. The third-order valence-electron chi connectivity index (χ3n) is 5.88. The van der Waals surface area contributed by atoms with Crippen LogP contribution in [0.5, 0.6) is 5.75 Å². The molecule has 2 aliphatic heterocycles. The first-order valence-corrected chi connectivity index (χ1v) is 10.0. The van der Waals surface area contributed by atoms with Crippen molar-refractivity contribution in [1.82, 2.24) is 20.4 Å². The molecular formula is C21H30N4O2. The molecule has 2 saturated heterocycles. The zero-order chi connectivity index (χ0) is 18.5. The molecule has 3 heterocycles. The first-order chi connectivity index (χ1) is 13.3. The van der Waals surface area contributed by atoms with Gasteiger partial charge in [0.2, 0.25) is 0 Å². The minimum Gasteiger partial charge on any atom is -0.497 e. The lowest BCUT2D eigenvalue weighted by molar-refractivity contribution is 0.134. The highest BCUT2D eigenvalue weighted by Gasteiger charge is 2.31. The lowest BCUT2D eigenvalue weighted by atomic mass is 9.97. The molecule has 4 rings (SSSR count). The monoisotopic (exact) mass is 370 g/mol. The number of likely N-dealkylation sites (tertiary alicyclic amines) is 1. The van der Waals surface area contributed by atoms with E-state index >= 15 is 0 Å². The number of nitrogens with one attached hydrogen (secondary N) is 2. The van der Waals surface area contributed by atoms with Crippen LogP contribution < -0.4 is 10.1 Å². The van der Waals surface area contributed by atoms with Crippen molar-refractivity contribution in [2.24, 2.45) is 5.92 Å². The van der Waals surface area contributed by atoms with Crippen LogP contribution in [-0.4, -0.2) is 61.1 Å². The lowest BCUT2D eigenvalue weighted by Crippen LogP contribution is -2.45. The molecular weight excluding hydrogens is 340 g/mol. The summed E-state index contributed by atoms with van der Waals surface area (Å²) in [6.45, 7) is 6.10. The Bertz CT molecular complexity index is 687. The third kappa shape index (κ3) is 4.34. The molecule has 2 N–H and O–H groups in total. The Hall–Kier alpha value is -1.89. The maximum absolute atomic E-state index is 5.67. The van der Waals surface area contributed by atoms with E-state index in [1.54, 1.807) is 7.11 Å². The minimum atomic E-state index is 0.575. The fraction of sp³-hybridized carbons (Fsp3) is 0.571. The van der Waals surface area contributed by atoms with E-state index in [1.807, 2.05) is 18.3 Å². The van der Waals surface area contributed by atoms with Crippen LogP contribution in [0.3, 0.4) is 0 Å². The molecule has 6 heteroatoms. The summed E-state index contributed by atoms with van der Waals surface area (Å²) in [6.07, 6.45) is 5.77. The maximum atomic E-state index is 5.67. The molecule has 1 aromatic heterocycles. The van der Waals surface area contributed by atoms with Gasteiger partial charge in [0.05, 0.1) is 25.6 Å². The number of aromatic nitrogens is 2. The zero-order valence-electron chi connectivity index (χ0n) is 16.1. The molecule has 6 nitrogen and oxygen atoms in total. The van der Waals surface area contributed by atoms with Gasteiger partial charge in [-0.05, 0) is 56.6 Å². The average molecular weight is 370 g/mol. The van der Waals surface area contributed by atoms with Gasteiger partial charge in [-0.25, -0.2) is 0 Å². The van der Waals surface area contributed by atoms with E-state index in [1.165, 1.54) is 37.9 Å². The Morgan fingerprint density at radius 1 is 1.30 bits per heavy atom. The van der Waals surface area contributed by atoms with Crippen molar-refractivity contribution >= 4 is 0 Å². The molecule has 2 fully saturated rings. The van der Waals surface area contributed by atoms with Crippen molar-refractivity contribution in [2.45, 2.75) is 31.8 Å². The molecule has 1 aromatic carbocycles. The van der Waals surface area contributed by atoms with Crippen LogP contribution >= 0.6 is 0 Å². The number of methoxy groups -OCH3 is 1. The van der Waals surface area contributed by atoms with Gasteiger partial charge in [-0.2, -0.15) is 5.10 Å². The van der Waals surface area contributed by atoms with E-state index in [0.717, 1.165) is 43.3 Å². The van der Waals surface area contributed by atoms with Crippen molar-refractivity contribution in [3.05, 3.63) is 36.0 Å². The minimum absolute atomic E-state index is 0.575. The van der Waals surface area contributed by atoms with Crippen LogP contribution in [0.4, 0.5) is 0 Å². The fourth-order valence-electron chi connectivity index (χ4n) is 4.33. The molecule has 2 atom stereocenters. The number of hydrogen-bond acceptors (Lipinski definition) is 5. The molecule has 2 aromatic rings. The zero-order valence-corrected chi connectivity index (χ0v) is 16.1. The molecule has 0 amide bonds. The molecule has 0 spiro atoms. The molecule has 0 saturated carbocycles. The lowest BCUT2D eigenvalue weighted by Gasteiger charge is -2.32. The molecule has 0 unspecified atom stereocenters. The summed E-state index contributed by atoms with van der Waals surface area (Å²) in [5.74, 6) is 1.52. The highest BCUT2D eigenvalue weighted by molar-refractivity contribution is 5.63. The van der Waals surface area contributed by atoms with Gasteiger partial charge in [-0.15, -0.1) is 0 Å².